The molecule has 0 aliphatic rings. The van der Waals surface area contributed by atoms with E-state index in [2.05, 4.69) is 5.32 Å². The Kier molecular flexibility index (Phi) is 7.05. The number of hydrogen-bond acceptors (Lipinski definition) is 4. The maximum absolute atomic E-state index is 12.4. The van der Waals surface area contributed by atoms with Crippen molar-refractivity contribution in [2.24, 2.45) is 5.92 Å². The summed E-state index contributed by atoms with van der Waals surface area (Å²) >= 11 is 7.59. The predicted molar refractivity (Wildman–Crippen MR) is 86.0 cm³/mol. The number of benzene rings is 1. The quantitative estimate of drug-likeness (QED) is 0.642. The Morgan fingerprint density at radius 3 is 2.62 bits per heavy atom. The molecule has 0 aromatic heterocycles. The van der Waals surface area contributed by atoms with E-state index in [0.717, 1.165) is 11.3 Å². The van der Waals surface area contributed by atoms with E-state index >= 15 is 0 Å². The van der Waals surface area contributed by atoms with E-state index in [4.69, 9.17) is 16.3 Å². The number of carbonyl (C=O) groups excluding carboxylic acids is 2. The Morgan fingerprint density at radius 2 is 2.10 bits per heavy atom. The zero-order valence-corrected chi connectivity index (χ0v) is 14.2. The van der Waals surface area contributed by atoms with Crippen LogP contribution in [0.25, 0.3) is 0 Å². The molecule has 0 radical (unpaired) electrons. The van der Waals surface area contributed by atoms with E-state index in [9.17, 15) is 9.59 Å². The molecule has 0 saturated heterocycles. The lowest BCUT2D eigenvalue weighted by Crippen LogP contribution is -2.45. The van der Waals surface area contributed by atoms with Gasteiger partial charge in [-0.15, -0.1) is 11.8 Å². The molecule has 2 atom stereocenters. The molecule has 116 valence electrons. The summed E-state index contributed by atoms with van der Waals surface area (Å²) in [5.74, 6) is -0.842. The minimum absolute atomic E-state index is 0.0242. The van der Waals surface area contributed by atoms with Gasteiger partial charge in [-0.1, -0.05) is 31.9 Å². The maximum atomic E-state index is 12.4. The molecule has 6 heteroatoms. The van der Waals surface area contributed by atoms with Gasteiger partial charge in [0.05, 0.1) is 17.7 Å². The van der Waals surface area contributed by atoms with Gasteiger partial charge in [0, 0.05) is 4.90 Å². The highest BCUT2D eigenvalue weighted by atomic mass is 35.5. The molecule has 0 saturated carbocycles. The van der Waals surface area contributed by atoms with Crippen LogP contribution >= 0.6 is 23.4 Å². The number of halogens is 1. The van der Waals surface area contributed by atoms with Gasteiger partial charge in [0.15, 0.2) is 0 Å². The van der Waals surface area contributed by atoms with E-state index in [1.54, 1.807) is 12.1 Å². The number of carbonyl (C=O) groups is 2. The third kappa shape index (κ3) is 4.64. The van der Waals surface area contributed by atoms with Gasteiger partial charge in [-0.05, 0) is 30.4 Å². The summed E-state index contributed by atoms with van der Waals surface area (Å²) in [7, 11) is 1.31. The molecule has 21 heavy (non-hydrogen) atoms. The average Bonchev–Trinajstić information content (AvgIpc) is 2.51. The van der Waals surface area contributed by atoms with Gasteiger partial charge < -0.3 is 10.1 Å². The molecular formula is C15H20ClNO3S. The largest absolute Gasteiger partial charge is 0.467 e. The second kappa shape index (κ2) is 8.29. The number of amides is 1. The maximum Gasteiger partial charge on any atom is 0.328 e. The van der Waals surface area contributed by atoms with Crippen LogP contribution in [0.1, 0.15) is 30.6 Å². The summed E-state index contributed by atoms with van der Waals surface area (Å²) in [6.07, 6.45) is 2.67. The van der Waals surface area contributed by atoms with Crippen molar-refractivity contribution in [1.29, 1.82) is 0 Å². The van der Waals surface area contributed by atoms with Crippen LogP contribution in [0.15, 0.2) is 23.1 Å². The summed E-state index contributed by atoms with van der Waals surface area (Å²) in [6.45, 7) is 3.84. The molecule has 4 nitrogen and oxygen atoms in total. The van der Waals surface area contributed by atoms with Crippen molar-refractivity contribution in [3.63, 3.8) is 0 Å². The van der Waals surface area contributed by atoms with Gasteiger partial charge in [-0.3, -0.25) is 4.79 Å². The van der Waals surface area contributed by atoms with E-state index in [0.29, 0.717) is 10.6 Å². The lowest BCUT2D eigenvalue weighted by molar-refractivity contribution is -0.144. The number of ether oxygens (including phenoxy) is 1. The third-order valence-electron chi connectivity index (χ3n) is 3.37. The Labute approximate surface area is 134 Å². The van der Waals surface area contributed by atoms with Crippen molar-refractivity contribution in [3.8, 4) is 0 Å². The lowest BCUT2D eigenvalue weighted by Gasteiger charge is -2.22. The van der Waals surface area contributed by atoms with Crippen molar-refractivity contribution in [2.45, 2.75) is 31.2 Å². The van der Waals surface area contributed by atoms with Crippen LogP contribution in [0.4, 0.5) is 0 Å². The fraction of sp³-hybridized carbons (Fsp3) is 0.467. The zero-order valence-electron chi connectivity index (χ0n) is 12.6. The van der Waals surface area contributed by atoms with Gasteiger partial charge >= 0.3 is 5.97 Å². The zero-order chi connectivity index (χ0) is 16.0. The van der Waals surface area contributed by atoms with Gasteiger partial charge in [0.1, 0.15) is 6.04 Å². The van der Waals surface area contributed by atoms with Gasteiger partial charge in [-0.2, -0.15) is 0 Å². The first-order valence-electron chi connectivity index (χ1n) is 6.66. The number of thioether (sulfide) groups is 1. The molecule has 0 aliphatic heterocycles. The molecule has 1 aromatic rings. The van der Waals surface area contributed by atoms with Crippen LogP contribution in [-0.2, 0) is 9.53 Å². The van der Waals surface area contributed by atoms with Gasteiger partial charge in [0.2, 0.25) is 0 Å². The van der Waals surface area contributed by atoms with Crippen molar-refractivity contribution in [1.82, 2.24) is 5.32 Å². The molecule has 0 fully saturated rings. The molecular weight excluding hydrogens is 310 g/mol. The first-order chi connectivity index (χ1) is 9.94. The first-order valence-corrected chi connectivity index (χ1v) is 8.27. The van der Waals surface area contributed by atoms with Crippen molar-refractivity contribution >= 4 is 35.2 Å². The Hall–Kier alpha value is -1.20. The molecule has 1 N–H and O–H groups in total. The average molecular weight is 330 g/mol. The van der Waals surface area contributed by atoms with E-state index in [-0.39, 0.29) is 11.8 Å². The molecule has 0 bridgehead atoms. The van der Waals surface area contributed by atoms with Crippen LogP contribution in [-0.4, -0.2) is 31.3 Å². The monoisotopic (exact) mass is 329 g/mol. The van der Waals surface area contributed by atoms with E-state index < -0.39 is 12.0 Å². The molecule has 1 amide bonds. The number of hydrogen-bond donors (Lipinski definition) is 1. The summed E-state index contributed by atoms with van der Waals surface area (Å²) in [5.41, 5.74) is 0.362. The molecule has 0 spiro atoms. The van der Waals surface area contributed by atoms with Gasteiger partial charge in [-0.25, -0.2) is 4.79 Å². The minimum atomic E-state index is -0.679. The predicted octanol–water partition coefficient (Wildman–Crippen LogP) is 3.38. The lowest BCUT2D eigenvalue weighted by atomic mass is 9.99. The van der Waals surface area contributed by atoms with Crippen LogP contribution in [0.2, 0.25) is 5.02 Å². The van der Waals surface area contributed by atoms with Crippen molar-refractivity contribution in [2.75, 3.05) is 13.4 Å². The van der Waals surface area contributed by atoms with Crippen LogP contribution in [0.5, 0.6) is 0 Å². The summed E-state index contributed by atoms with van der Waals surface area (Å²) in [5, 5.41) is 3.08. The van der Waals surface area contributed by atoms with Crippen molar-refractivity contribution in [3.05, 3.63) is 28.8 Å². The highest BCUT2D eigenvalue weighted by Crippen LogP contribution is 2.23. The molecule has 1 rings (SSSR count). The molecule has 0 aliphatic carbocycles. The highest BCUT2D eigenvalue weighted by molar-refractivity contribution is 7.98. The molecule has 2 unspecified atom stereocenters. The van der Waals surface area contributed by atoms with Crippen molar-refractivity contribution < 1.29 is 14.3 Å². The smallest absolute Gasteiger partial charge is 0.328 e. The van der Waals surface area contributed by atoms with Crippen LogP contribution < -0.4 is 5.32 Å². The fourth-order valence-corrected chi connectivity index (χ4v) is 2.46. The second-order valence-corrected chi connectivity index (χ2v) is 5.99. The Bertz CT molecular complexity index is 522. The Morgan fingerprint density at radius 1 is 1.43 bits per heavy atom. The topological polar surface area (TPSA) is 55.4 Å². The standard InChI is InChI=1S/C15H20ClNO3S/c1-5-9(2)13(15(19)20-3)17-14(18)11-8-10(21-4)6-7-12(11)16/h6-9,13H,5H2,1-4H3,(H,17,18). The second-order valence-electron chi connectivity index (χ2n) is 4.71. The van der Waals surface area contributed by atoms with Crippen LogP contribution in [0.3, 0.4) is 0 Å². The first kappa shape index (κ1) is 17.9. The highest BCUT2D eigenvalue weighted by Gasteiger charge is 2.27. The number of rotatable bonds is 6. The SMILES string of the molecule is CCC(C)C(NC(=O)c1cc(SC)ccc1Cl)C(=O)OC. The third-order valence-corrected chi connectivity index (χ3v) is 4.43. The van der Waals surface area contributed by atoms with E-state index in [1.807, 2.05) is 26.2 Å². The molecule has 0 heterocycles. The fourth-order valence-electron chi connectivity index (χ4n) is 1.82. The minimum Gasteiger partial charge on any atom is -0.467 e. The number of methoxy groups -OCH3 is 1. The Balaban J connectivity index is 2.99. The normalized spacial score (nSPS) is 13.4. The number of nitrogens with one attached hydrogen (secondary N) is 1. The summed E-state index contributed by atoms with van der Waals surface area (Å²) in [6, 6.07) is 4.56. The summed E-state index contributed by atoms with van der Waals surface area (Å²) < 4.78 is 4.76. The summed E-state index contributed by atoms with van der Waals surface area (Å²) in [4.78, 5) is 25.1. The molecule has 1 aromatic carbocycles. The van der Waals surface area contributed by atoms with E-state index in [1.165, 1.54) is 18.9 Å². The van der Waals surface area contributed by atoms with Gasteiger partial charge in [0.25, 0.3) is 5.91 Å². The van der Waals surface area contributed by atoms with Crippen LogP contribution in [0, 0.1) is 5.92 Å². The number of esters is 1.